The third-order valence-electron chi connectivity index (χ3n) is 2.02. The lowest BCUT2D eigenvalue weighted by Crippen LogP contribution is -2.32. The minimum absolute atomic E-state index is 0.257. The average molecular weight is 198 g/mol. The molecule has 1 aromatic rings. The zero-order valence-corrected chi connectivity index (χ0v) is 8.67. The summed E-state index contributed by atoms with van der Waals surface area (Å²) in [5, 5.41) is 2.03. The van der Waals surface area contributed by atoms with Crippen molar-refractivity contribution in [2.24, 2.45) is 5.73 Å². The number of primary amides is 1. The summed E-state index contributed by atoms with van der Waals surface area (Å²) < 4.78 is 0. The summed E-state index contributed by atoms with van der Waals surface area (Å²) in [6, 6.07) is 4.33. The van der Waals surface area contributed by atoms with Crippen LogP contribution in [-0.2, 0) is 4.79 Å². The molecule has 0 aliphatic rings. The van der Waals surface area contributed by atoms with Gasteiger partial charge in [-0.05, 0) is 25.4 Å². The zero-order chi connectivity index (χ0) is 9.84. The number of thiophene rings is 1. The summed E-state index contributed by atoms with van der Waals surface area (Å²) in [5.74, 6) is -0.286. The summed E-state index contributed by atoms with van der Waals surface area (Å²) in [5.41, 5.74) is 5.11. The monoisotopic (exact) mass is 198 g/mol. The van der Waals surface area contributed by atoms with E-state index in [1.54, 1.807) is 11.3 Å². The first-order chi connectivity index (χ1) is 6.11. The van der Waals surface area contributed by atoms with Gasteiger partial charge in [-0.3, -0.25) is 9.69 Å². The maximum absolute atomic E-state index is 10.7. The van der Waals surface area contributed by atoms with E-state index in [0.29, 0.717) is 6.54 Å². The third-order valence-corrected chi connectivity index (χ3v) is 3.06. The second-order valence-corrected chi connectivity index (χ2v) is 4.05. The molecule has 1 atom stereocenters. The number of nitrogens with two attached hydrogens (primary N) is 1. The second-order valence-electron chi connectivity index (χ2n) is 3.07. The van der Waals surface area contributed by atoms with Crippen molar-refractivity contribution >= 4 is 17.2 Å². The van der Waals surface area contributed by atoms with Crippen molar-refractivity contribution in [1.82, 2.24) is 4.90 Å². The second kappa shape index (κ2) is 4.39. The Labute approximate surface area is 82.2 Å². The molecule has 0 fully saturated rings. The molecule has 0 aromatic carbocycles. The molecule has 0 unspecified atom stereocenters. The van der Waals surface area contributed by atoms with E-state index < -0.39 is 0 Å². The van der Waals surface area contributed by atoms with Crippen LogP contribution in [0.15, 0.2) is 17.5 Å². The smallest absolute Gasteiger partial charge is 0.231 e. The van der Waals surface area contributed by atoms with Gasteiger partial charge in [0, 0.05) is 10.9 Å². The average Bonchev–Trinajstić information content (AvgIpc) is 2.53. The molecule has 0 saturated heterocycles. The molecule has 72 valence electrons. The lowest BCUT2D eigenvalue weighted by Gasteiger charge is -2.21. The molecule has 1 amide bonds. The molecular formula is C9H14N2OS. The number of hydrogen-bond donors (Lipinski definition) is 1. The first-order valence-corrected chi connectivity index (χ1v) is 5.01. The van der Waals surface area contributed by atoms with Gasteiger partial charge in [0.15, 0.2) is 0 Å². The van der Waals surface area contributed by atoms with Gasteiger partial charge >= 0.3 is 0 Å². The normalized spacial score (nSPS) is 13.2. The largest absolute Gasteiger partial charge is 0.369 e. The molecule has 1 heterocycles. The minimum Gasteiger partial charge on any atom is -0.369 e. The molecule has 0 saturated carbocycles. The molecule has 13 heavy (non-hydrogen) atoms. The van der Waals surface area contributed by atoms with E-state index in [1.165, 1.54) is 4.88 Å². The van der Waals surface area contributed by atoms with E-state index in [-0.39, 0.29) is 11.9 Å². The van der Waals surface area contributed by atoms with E-state index in [2.05, 4.69) is 13.0 Å². The quantitative estimate of drug-likeness (QED) is 0.791. The van der Waals surface area contributed by atoms with Gasteiger partial charge in [-0.1, -0.05) is 6.07 Å². The first-order valence-electron chi connectivity index (χ1n) is 4.13. The first kappa shape index (κ1) is 10.2. The maximum atomic E-state index is 10.7. The molecule has 4 heteroatoms. The van der Waals surface area contributed by atoms with Crippen molar-refractivity contribution in [3.63, 3.8) is 0 Å². The van der Waals surface area contributed by atoms with Gasteiger partial charge in [0.2, 0.25) is 5.91 Å². The van der Waals surface area contributed by atoms with Gasteiger partial charge in [0.25, 0.3) is 0 Å². The van der Waals surface area contributed by atoms with Gasteiger partial charge < -0.3 is 5.73 Å². The highest BCUT2D eigenvalue weighted by molar-refractivity contribution is 7.10. The van der Waals surface area contributed by atoms with Crippen molar-refractivity contribution in [3.8, 4) is 0 Å². The van der Waals surface area contributed by atoms with E-state index in [1.807, 2.05) is 23.4 Å². The van der Waals surface area contributed by atoms with Crippen molar-refractivity contribution in [1.29, 1.82) is 0 Å². The van der Waals surface area contributed by atoms with Gasteiger partial charge in [0.1, 0.15) is 0 Å². The Balaban J connectivity index is 2.57. The Morgan fingerprint density at radius 2 is 2.46 bits per heavy atom. The van der Waals surface area contributed by atoms with Gasteiger partial charge in [-0.25, -0.2) is 0 Å². The van der Waals surface area contributed by atoms with Crippen molar-refractivity contribution < 1.29 is 4.79 Å². The van der Waals surface area contributed by atoms with Crippen LogP contribution in [0.2, 0.25) is 0 Å². The van der Waals surface area contributed by atoms with Gasteiger partial charge in [-0.15, -0.1) is 11.3 Å². The van der Waals surface area contributed by atoms with E-state index in [0.717, 1.165) is 0 Å². The summed E-state index contributed by atoms with van der Waals surface area (Å²) in [7, 11) is 1.90. The Bertz CT molecular complexity index is 271. The summed E-state index contributed by atoms with van der Waals surface area (Å²) in [4.78, 5) is 13.9. The van der Waals surface area contributed by atoms with Crippen LogP contribution in [0.4, 0.5) is 0 Å². The number of carbonyl (C=O) groups excluding carboxylic acids is 1. The molecule has 0 radical (unpaired) electrons. The van der Waals surface area contributed by atoms with Crippen LogP contribution in [0.1, 0.15) is 17.8 Å². The number of likely N-dealkylation sites (N-methyl/N-ethyl adjacent to an activating group) is 1. The fourth-order valence-corrected chi connectivity index (χ4v) is 1.98. The van der Waals surface area contributed by atoms with Crippen molar-refractivity contribution in [3.05, 3.63) is 22.4 Å². The predicted octanol–water partition coefficient (Wildman–Crippen LogP) is 1.23. The van der Waals surface area contributed by atoms with Gasteiger partial charge in [0.05, 0.1) is 6.54 Å². The molecular weight excluding hydrogens is 184 g/mol. The van der Waals surface area contributed by atoms with Crippen molar-refractivity contribution in [2.45, 2.75) is 13.0 Å². The van der Waals surface area contributed by atoms with Crippen LogP contribution in [0.3, 0.4) is 0 Å². The number of amides is 1. The zero-order valence-electron chi connectivity index (χ0n) is 7.86. The van der Waals surface area contributed by atoms with E-state index in [4.69, 9.17) is 5.73 Å². The van der Waals surface area contributed by atoms with Gasteiger partial charge in [-0.2, -0.15) is 0 Å². The van der Waals surface area contributed by atoms with Crippen LogP contribution in [0.5, 0.6) is 0 Å². The Kier molecular flexibility index (Phi) is 3.45. The molecule has 0 aliphatic heterocycles. The fourth-order valence-electron chi connectivity index (χ4n) is 1.13. The molecule has 0 bridgehead atoms. The molecule has 3 nitrogen and oxygen atoms in total. The molecule has 0 spiro atoms. The lowest BCUT2D eigenvalue weighted by molar-refractivity contribution is -0.119. The fraction of sp³-hybridized carbons (Fsp3) is 0.444. The minimum atomic E-state index is -0.286. The number of hydrogen-bond acceptors (Lipinski definition) is 3. The predicted molar refractivity (Wildman–Crippen MR) is 54.6 cm³/mol. The van der Waals surface area contributed by atoms with Crippen LogP contribution < -0.4 is 5.73 Å². The third kappa shape index (κ3) is 2.82. The molecule has 2 N–H and O–H groups in total. The Morgan fingerprint density at radius 1 is 1.77 bits per heavy atom. The lowest BCUT2D eigenvalue weighted by atomic mass is 10.2. The summed E-state index contributed by atoms with van der Waals surface area (Å²) >= 11 is 1.69. The summed E-state index contributed by atoms with van der Waals surface area (Å²) in [6.07, 6.45) is 0. The van der Waals surface area contributed by atoms with Crippen LogP contribution in [-0.4, -0.2) is 24.4 Å². The highest BCUT2D eigenvalue weighted by Crippen LogP contribution is 2.22. The van der Waals surface area contributed by atoms with Crippen LogP contribution in [0, 0.1) is 0 Å². The SMILES string of the molecule is C[C@@H](c1cccs1)N(C)CC(N)=O. The Morgan fingerprint density at radius 3 is 2.92 bits per heavy atom. The standard InChI is InChI=1S/C9H14N2OS/c1-7(8-4-3-5-13-8)11(2)6-9(10)12/h3-5,7H,6H2,1-2H3,(H2,10,12)/t7-/m0/s1. The topological polar surface area (TPSA) is 46.3 Å². The van der Waals surface area contributed by atoms with Crippen LogP contribution in [0.25, 0.3) is 0 Å². The number of rotatable bonds is 4. The highest BCUT2D eigenvalue weighted by Gasteiger charge is 2.13. The number of nitrogens with zero attached hydrogens (tertiary/aromatic N) is 1. The maximum Gasteiger partial charge on any atom is 0.231 e. The highest BCUT2D eigenvalue weighted by atomic mass is 32.1. The number of carbonyl (C=O) groups is 1. The molecule has 0 aliphatic carbocycles. The summed E-state index contributed by atoms with van der Waals surface area (Å²) in [6.45, 7) is 2.37. The Hall–Kier alpha value is -0.870. The molecule has 1 aromatic heterocycles. The molecule has 1 rings (SSSR count). The van der Waals surface area contributed by atoms with E-state index >= 15 is 0 Å². The van der Waals surface area contributed by atoms with Crippen LogP contribution >= 0.6 is 11.3 Å². The van der Waals surface area contributed by atoms with Crippen molar-refractivity contribution in [2.75, 3.05) is 13.6 Å². The van der Waals surface area contributed by atoms with E-state index in [9.17, 15) is 4.79 Å².